The number of benzene rings is 3. The number of hydrogen-bond donors (Lipinski definition) is 0. The van der Waals surface area contributed by atoms with Gasteiger partial charge in [-0.2, -0.15) is 0 Å². The molecule has 0 spiro atoms. The smallest absolute Gasteiger partial charge is 0.246 e. The number of hydrogen-bond acceptors (Lipinski definition) is 3. The molecular formula is C25H25N3O2. The van der Waals surface area contributed by atoms with E-state index in [9.17, 15) is 4.79 Å². The predicted octanol–water partition coefficient (Wildman–Crippen LogP) is 4.98. The van der Waals surface area contributed by atoms with Crippen LogP contribution in [0.15, 0.2) is 78.9 Å². The molecule has 5 nitrogen and oxygen atoms in total. The maximum atomic E-state index is 13.2. The van der Waals surface area contributed by atoms with Crippen molar-refractivity contribution in [1.82, 2.24) is 9.55 Å². The molecule has 0 aliphatic rings. The second-order valence-corrected chi connectivity index (χ2v) is 7.18. The van der Waals surface area contributed by atoms with Gasteiger partial charge in [0, 0.05) is 12.2 Å². The highest BCUT2D eigenvalue weighted by Gasteiger charge is 2.19. The Morgan fingerprint density at radius 1 is 0.967 bits per heavy atom. The number of carbonyl (C=O) groups is 1. The van der Waals surface area contributed by atoms with Crippen molar-refractivity contribution in [2.45, 2.75) is 27.0 Å². The summed E-state index contributed by atoms with van der Waals surface area (Å²) in [6, 6.07) is 25.5. The minimum absolute atomic E-state index is 0.0171. The summed E-state index contributed by atoms with van der Waals surface area (Å²) < 4.78 is 7.92. The van der Waals surface area contributed by atoms with Gasteiger partial charge in [0.15, 0.2) is 0 Å². The van der Waals surface area contributed by atoms with E-state index in [-0.39, 0.29) is 12.5 Å². The fourth-order valence-electron chi connectivity index (χ4n) is 3.53. The molecule has 152 valence electrons. The summed E-state index contributed by atoms with van der Waals surface area (Å²) in [5, 5.41) is 0. The number of fused-ring (bicyclic) bond motifs is 1. The first kappa shape index (κ1) is 19.7. The lowest BCUT2D eigenvalue weighted by Gasteiger charge is -2.22. The molecule has 0 N–H and O–H groups in total. The van der Waals surface area contributed by atoms with E-state index in [0.717, 1.165) is 28.3 Å². The highest BCUT2D eigenvalue weighted by molar-refractivity contribution is 5.94. The summed E-state index contributed by atoms with van der Waals surface area (Å²) in [6.07, 6.45) is 0. The van der Waals surface area contributed by atoms with Gasteiger partial charge in [-0.25, -0.2) is 4.98 Å². The van der Waals surface area contributed by atoms with Gasteiger partial charge in [0.25, 0.3) is 0 Å². The second kappa shape index (κ2) is 8.82. The Bertz CT molecular complexity index is 1130. The number of carbonyl (C=O) groups excluding carboxylic acids is 1. The van der Waals surface area contributed by atoms with Crippen LogP contribution in [0.3, 0.4) is 0 Å². The zero-order valence-corrected chi connectivity index (χ0v) is 17.3. The van der Waals surface area contributed by atoms with Crippen molar-refractivity contribution in [3.05, 3.63) is 90.3 Å². The van der Waals surface area contributed by atoms with Crippen LogP contribution in [0, 0.1) is 6.92 Å². The summed E-state index contributed by atoms with van der Waals surface area (Å²) in [6.45, 7) is 5.13. The van der Waals surface area contributed by atoms with Gasteiger partial charge in [0.05, 0.1) is 11.0 Å². The molecule has 0 radical (unpaired) electrons. The lowest BCUT2D eigenvalue weighted by Crippen LogP contribution is -2.34. The zero-order chi connectivity index (χ0) is 20.9. The molecular weight excluding hydrogens is 374 g/mol. The summed E-state index contributed by atoms with van der Waals surface area (Å²) in [5.74, 6) is 1.53. The van der Waals surface area contributed by atoms with Crippen LogP contribution in [0.25, 0.3) is 11.0 Å². The van der Waals surface area contributed by atoms with E-state index < -0.39 is 0 Å². The van der Waals surface area contributed by atoms with Crippen LogP contribution in [-0.2, 0) is 17.9 Å². The average Bonchev–Trinajstić information content (AvgIpc) is 3.12. The Morgan fingerprint density at radius 2 is 1.67 bits per heavy atom. The fraction of sp³-hybridized carbons (Fsp3) is 0.200. The number of likely N-dealkylation sites (N-methyl/N-ethyl adjacent to an activating group) is 1. The Hall–Kier alpha value is -3.60. The Kier molecular flexibility index (Phi) is 5.80. The topological polar surface area (TPSA) is 47.4 Å². The highest BCUT2D eigenvalue weighted by atomic mass is 16.5. The number of amides is 1. The van der Waals surface area contributed by atoms with E-state index >= 15 is 0 Å². The number of anilines is 1. The van der Waals surface area contributed by atoms with Crippen LogP contribution in [0.2, 0.25) is 0 Å². The van der Waals surface area contributed by atoms with Gasteiger partial charge < -0.3 is 14.2 Å². The minimum atomic E-state index is 0.0171. The van der Waals surface area contributed by atoms with Crippen molar-refractivity contribution < 1.29 is 9.53 Å². The number of aryl methyl sites for hydroxylation is 1. The Morgan fingerprint density at radius 3 is 2.40 bits per heavy atom. The molecule has 0 aliphatic heterocycles. The molecule has 0 fully saturated rings. The van der Waals surface area contributed by atoms with Gasteiger partial charge >= 0.3 is 0 Å². The van der Waals surface area contributed by atoms with E-state index in [1.54, 1.807) is 4.90 Å². The normalized spacial score (nSPS) is 10.9. The summed E-state index contributed by atoms with van der Waals surface area (Å²) in [5.41, 5.74) is 3.86. The van der Waals surface area contributed by atoms with Crippen LogP contribution in [0.1, 0.15) is 18.3 Å². The third kappa shape index (κ3) is 4.20. The van der Waals surface area contributed by atoms with Crippen molar-refractivity contribution in [1.29, 1.82) is 0 Å². The number of rotatable bonds is 7. The molecule has 4 rings (SSSR count). The average molecular weight is 399 g/mol. The first-order valence-electron chi connectivity index (χ1n) is 10.1. The molecule has 1 heterocycles. The lowest BCUT2D eigenvalue weighted by atomic mass is 10.2. The van der Waals surface area contributed by atoms with E-state index in [1.807, 2.05) is 97.3 Å². The van der Waals surface area contributed by atoms with Crippen LogP contribution in [0.5, 0.6) is 5.75 Å². The van der Waals surface area contributed by atoms with Crippen LogP contribution in [0.4, 0.5) is 5.69 Å². The standard InChI is InChI=1S/C25H25N3O2/c1-3-27(20-9-5-4-6-10-20)25(29)17-28-23-12-8-7-11-22(23)26-24(28)18-30-21-15-13-19(2)14-16-21/h4-16H,3,17-18H2,1-2H3. The first-order chi connectivity index (χ1) is 14.7. The largest absolute Gasteiger partial charge is 0.486 e. The number of imidazole rings is 1. The van der Waals surface area contributed by atoms with Gasteiger partial charge in [0.2, 0.25) is 5.91 Å². The SMILES string of the molecule is CCN(C(=O)Cn1c(COc2ccc(C)cc2)nc2ccccc21)c1ccccc1. The molecule has 3 aromatic carbocycles. The third-order valence-corrected chi connectivity index (χ3v) is 5.10. The van der Waals surface area contributed by atoms with E-state index in [2.05, 4.69) is 0 Å². The Labute approximate surface area is 176 Å². The molecule has 0 saturated heterocycles. The van der Waals surface area contributed by atoms with E-state index in [0.29, 0.717) is 13.2 Å². The number of nitrogens with zero attached hydrogens (tertiary/aromatic N) is 3. The summed E-state index contributed by atoms with van der Waals surface area (Å²) in [7, 11) is 0. The van der Waals surface area contributed by atoms with E-state index in [1.165, 1.54) is 5.56 Å². The highest BCUT2D eigenvalue weighted by Crippen LogP contribution is 2.20. The Balaban J connectivity index is 1.61. The lowest BCUT2D eigenvalue weighted by molar-refractivity contribution is -0.119. The van der Waals surface area contributed by atoms with Crippen molar-refractivity contribution in [2.75, 3.05) is 11.4 Å². The van der Waals surface area contributed by atoms with Gasteiger partial charge in [-0.1, -0.05) is 48.0 Å². The molecule has 0 bridgehead atoms. The third-order valence-electron chi connectivity index (χ3n) is 5.10. The monoisotopic (exact) mass is 399 g/mol. The van der Waals surface area contributed by atoms with Crippen LogP contribution >= 0.6 is 0 Å². The zero-order valence-electron chi connectivity index (χ0n) is 17.3. The van der Waals surface area contributed by atoms with Crippen molar-refractivity contribution >= 4 is 22.6 Å². The van der Waals surface area contributed by atoms with Crippen LogP contribution < -0.4 is 9.64 Å². The van der Waals surface area contributed by atoms with Gasteiger partial charge in [-0.05, 0) is 50.2 Å². The van der Waals surface area contributed by atoms with Crippen LogP contribution in [-0.4, -0.2) is 22.0 Å². The number of aromatic nitrogens is 2. The van der Waals surface area contributed by atoms with Gasteiger partial charge in [0.1, 0.15) is 24.7 Å². The first-order valence-corrected chi connectivity index (χ1v) is 10.1. The fourth-order valence-corrected chi connectivity index (χ4v) is 3.53. The summed E-state index contributed by atoms with van der Waals surface area (Å²) >= 11 is 0. The molecule has 0 aliphatic carbocycles. The van der Waals surface area contributed by atoms with Crippen molar-refractivity contribution in [3.63, 3.8) is 0 Å². The second-order valence-electron chi connectivity index (χ2n) is 7.18. The number of para-hydroxylation sites is 3. The van der Waals surface area contributed by atoms with Gasteiger partial charge in [-0.15, -0.1) is 0 Å². The maximum absolute atomic E-state index is 13.2. The molecule has 30 heavy (non-hydrogen) atoms. The molecule has 1 amide bonds. The van der Waals surface area contributed by atoms with E-state index in [4.69, 9.17) is 9.72 Å². The quantitative estimate of drug-likeness (QED) is 0.440. The maximum Gasteiger partial charge on any atom is 0.246 e. The van der Waals surface area contributed by atoms with Crippen molar-refractivity contribution in [3.8, 4) is 5.75 Å². The molecule has 1 aromatic heterocycles. The molecule has 0 atom stereocenters. The molecule has 0 saturated carbocycles. The molecule has 4 aromatic rings. The predicted molar refractivity (Wildman–Crippen MR) is 120 cm³/mol. The van der Waals surface area contributed by atoms with Gasteiger partial charge in [-0.3, -0.25) is 4.79 Å². The minimum Gasteiger partial charge on any atom is -0.486 e. The molecule has 5 heteroatoms. The molecule has 0 unspecified atom stereocenters. The number of ether oxygens (including phenoxy) is 1. The van der Waals surface area contributed by atoms with Crippen molar-refractivity contribution in [2.24, 2.45) is 0 Å². The summed E-state index contributed by atoms with van der Waals surface area (Å²) in [4.78, 5) is 19.7.